The lowest BCUT2D eigenvalue weighted by Gasteiger charge is -2.34. The zero-order chi connectivity index (χ0) is 16.9. The summed E-state index contributed by atoms with van der Waals surface area (Å²) in [5, 5.41) is 0. The maximum atomic E-state index is 11.9. The van der Waals surface area contributed by atoms with Gasteiger partial charge in [-0.25, -0.2) is 4.98 Å². The maximum Gasteiger partial charge on any atom is 0.279 e. The number of piperazine rings is 1. The second kappa shape index (κ2) is 8.05. The molecule has 1 aromatic heterocycles. The number of hydrogen-bond donors (Lipinski definition) is 1. The first-order chi connectivity index (χ1) is 11.0. The quantitative estimate of drug-likeness (QED) is 0.783. The van der Waals surface area contributed by atoms with Crippen LogP contribution in [0.4, 0.5) is 5.82 Å². The SMILES string of the molecule is CCN1CCN(c2ccc(CNS(=O)(=O)N(C)CC)cn2)CC1. The molecule has 1 aliphatic heterocycles. The zero-order valence-corrected chi connectivity index (χ0v) is 15.0. The molecule has 0 amide bonds. The Kier molecular flexibility index (Phi) is 6.34. The van der Waals surface area contributed by atoms with Crippen molar-refractivity contribution in [2.24, 2.45) is 0 Å². The molecular weight excluding hydrogens is 314 g/mol. The van der Waals surface area contributed by atoms with Crippen LogP contribution in [0.15, 0.2) is 18.3 Å². The largest absolute Gasteiger partial charge is 0.354 e. The van der Waals surface area contributed by atoms with Crippen molar-refractivity contribution in [1.29, 1.82) is 0 Å². The van der Waals surface area contributed by atoms with E-state index in [9.17, 15) is 8.42 Å². The summed E-state index contributed by atoms with van der Waals surface area (Å²) >= 11 is 0. The molecule has 0 spiro atoms. The molecule has 7 nitrogen and oxygen atoms in total. The van der Waals surface area contributed by atoms with Crippen LogP contribution in [0.2, 0.25) is 0 Å². The zero-order valence-electron chi connectivity index (χ0n) is 14.2. The minimum atomic E-state index is -3.41. The normalized spacial score (nSPS) is 17.0. The van der Waals surface area contributed by atoms with Crippen LogP contribution in [0.5, 0.6) is 0 Å². The van der Waals surface area contributed by atoms with Gasteiger partial charge in [0.15, 0.2) is 0 Å². The van der Waals surface area contributed by atoms with Gasteiger partial charge in [-0.1, -0.05) is 19.9 Å². The average molecular weight is 341 g/mol. The first kappa shape index (κ1) is 18.1. The number of pyridine rings is 1. The highest BCUT2D eigenvalue weighted by molar-refractivity contribution is 7.87. The number of likely N-dealkylation sites (N-methyl/N-ethyl adjacent to an activating group) is 1. The second-order valence-corrected chi connectivity index (χ2v) is 7.55. The molecule has 1 aromatic rings. The molecule has 0 unspecified atom stereocenters. The van der Waals surface area contributed by atoms with Crippen molar-refractivity contribution in [3.8, 4) is 0 Å². The number of nitrogens with zero attached hydrogens (tertiary/aromatic N) is 4. The molecule has 0 bridgehead atoms. The first-order valence-electron chi connectivity index (χ1n) is 8.09. The number of hydrogen-bond acceptors (Lipinski definition) is 5. The van der Waals surface area contributed by atoms with Crippen molar-refractivity contribution >= 4 is 16.0 Å². The molecule has 0 radical (unpaired) electrons. The summed E-state index contributed by atoms with van der Waals surface area (Å²) in [5.74, 6) is 0.957. The van der Waals surface area contributed by atoms with Crippen molar-refractivity contribution in [1.82, 2.24) is 18.9 Å². The van der Waals surface area contributed by atoms with Crippen LogP contribution in [0.3, 0.4) is 0 Å². The maximum absolute atomic E-state index is 11.9. The smallest absolute Gasteiger partial charge is 0.279 e. The van der Waals surface area contributed by atoms with E-state index in [-0.39, 0.29) is 6.54 Å². The molecule has 1 saturated heterocycles. The molecule has 1 fully saturated rings. The molecule has 0 atom stereocenters. The van der Waals surface area contributed by atoms with E-state index in [1.165, 1.54) is 4.31 Å². The van der Waals surface area contributed by atoms with E-state index in [1.54, 1.807) is 20.2 Å². The highest BCUT2D eigenvalue weighted by Crippen LogP contribution is 2.14. The molecule has 0 aromatic carbocycles. The van der Waals surface area contributed by atoms with E-state index in [0.29, 0.717) is 6.54 Å². The Labute approximate surface area is 139 Å². The van der Waals surface area contributed by atoms with Crippen LogP contribution in [-0.4, -0.2) is 68.9 Å². The third kappa shape index (κ3) is 4.87. The van der Waals surface area contributed by atoms with Crippen molar-refractivity contribution in [2.45, 2.75) is 20.4 Å². The Hall–Kier alpha value is -1.22. The molecule has 23 heavy (non-hydrogen) atoms. The van der Waals surface area contributed by atoms with Gasteiger partial charge in [-0.2, -0.15) is 17.4 Å². The van der Waals surface area contributed by atoms with Gasteiger partial charge in [0.2, 0.25) is 0 Å². The summed E-state index contributed by atoms with van der Waals surface area (Å²) in [6.07, 6.45) is 1.75. The van der Waals surface area contributed by atoms with Crippen LogP contribution in [-0.2, 0) is 16.8 Å². The molecule has 2 rings (SSSR count). The standard InChI is InChI=1S/C15H27N5O2S/c1-4-18(3)23(21,22)17-13-14-6-7-15(16-12-14)20-10-8-19(5-2)9-11-20/h6-7,12,17H,4-5,8-11,13H2,1-3H3. The minimum Gasteiger partial charge on any atom is -0.354 e. The van der Waals surface area contributed by atoms with Crippen molar-refractivity contribution in [2.75, 3.05) is 51.2 Å². The Bertz CT molecular complexity index is 582. The molecule has 0 saturated carbocycles. The van der Waals surface area contributed by atoms with Gasteiger partial charge < -0.3 is 9.80 Å². The fraction of sp³-hybridized carbons (Fsp3) is 0.667. The number of anilines is 1. The summed E-state index contributed by atoms with van der Waals surface area (Å²) in [4.78, 5) is 9.17. The number of nitrogens with one attached hydrogen (secondary N) is 1. The van der Waals surface area contributed by atoms with E-state index in [2.05, 4.69) is 26.4 Å². The summed E-state index contributed by atoms with van der Waals surface area (Å²) < 4.78 is 27.6. The molecule has 1 N–H and O–H groups in total. The van der Waals surface area contributed by atoms with E-state index in [0.717, 1.165) is 44.1 Å². The summed E-state index contributed by atoms with van der Waals surface area (Å²) in [7, 11) is -1.85. The monoisotopic (exact) mass is 341 g/mol. The minimum absolute atomic E-state index is 0.254. The van der Waals surface area contributed by atoms with Gasteiger partial charge >= 0.3 is 0 Å². The lowest BCUT2D eigenvalue weighted by atomic mass is 10.2. The molecule has 2 heterocycles. The summed E-state index contributed by atoms with van der Waals surface area (Å²) in [6.45, 7) is 9.84. The predicted octanol–water partition coefficient (Wildman–Crippen LogP) is 0.510. The van der Waals surface area contributed by atoms with Crippen molar-refractivity contribution in [3.63, 3.8) is 0 Å². The van der Waals surface area contributed by atoms with Crippen LogP contribution in [0.25, 0.3) is 0 Å². The molecule has 0 aliphatic carbocycles. The summed E-state index contributed by atoms with van der Waals surface area (Å²) in [5.41, 5.74) is 0.856. The van der Waals surface area contributed by atoms with E-state index < -0.39 is 10.2 Å². The van der Waals surface area contributed by atoms with E-state index in [4.69, 9.17) is 0 Å². The molecular formula is C15H27N5O2S. The molecule has 8 heteroatoms. The topological polar surface area (TPSA) is 68.8 Å². The average Bonchev–Trinajstić information content (AvgIpc) is 2.60. The van der Waals surface area contributed by atoms with Gasteiger partial charge in [0.05, 0.1) is 0 Å². The Morgan fingerprint density at radius 1 is 1.22 bits per heavy atom. The Morgan fingerprint density at radius 3 is 2.43 bits per heavy atom. The third-order valence-corrected chi connectivity index (χ3v) is 5.85. The number of aromatic nitrogens is 1. The Balaban J connectivity index is 1.90. The van der Waals surface area contributed by atoms with E-state index >= 15 is 0 Å². The van der Waals surface area contributed by atoms with Crippen LogP contribution in [0.1, 0.15) is 19.4 Å². The highest BCUT2D eigenvalue weighted by atomic mass is 32.2. The number of rotatable bonds is 7. The molecule has 130 valence electrons. The summed E-state index contributed by atoms with van der Waals surface area (Å²) in [6, 6.07) is 3.90. The van der Waals surface area contributed by atoms with Crippen LogP contribution < -0.4 is 9.62 Å². The van der Waals surface area contributed by atoms with Gasteiger partial charge in [0.25, 0.3) is 10.2 Å². The Morgan fingerprint density at radius 2 is 1.91 bits per heavy atom. The van der Waals surface area contributed by atoms with Crippen LogP contribution in [0, 0.1) is 0 Å². The fourth-order valence-corrected chi connectivity index (χ4v) is 3.37. The highest BCUT2D eigenvalue weighted by Gasteiger charge is 2.17. The van der Waals surface area contributed by atoms with Gasteiger partial charge in [-0.15, -0.1) is 0 Å². The van der Waals surface area contributed by atoms with Crippen molar-refractivity contribution < 1.29 is 8.42 Å². The first-order valence-corrected chi connectivity index (χ1v) is 9.53. The van der Waals surface area contributed by atoms with Gasteiger partial charge in [-0.05, 0) is 18.2 Å². The van der Waals surface area contributed by atoms with E-state index in [1.807, 2.05) is 12.1 Å². The fourth-order valence-electron chi connectivity index (χ4n) is 2.46. The van der Waals surface area contributed by atoms with Gasteiger partial charge in [0.1, 0.15) is 5.82 Å². The predicted molar refractivity (Wildman–Crippen MR) is 92.6 cm³/mol. The van der Waals surface area contributed by atoms with Crippen molar-refractivity contribution in [3.05, 3.63) is 23.9 Å². The van der Waals surface area contributed by atoms with Crippen LogP contribution >= 0.6 is 0 Å². The lowest BCUT2D eigenvalue weighted by Crippen LogP contribution is -2.46. The lowest BCUT2D eigenvalue weighted by molar-refractivity contribution is 0.270. The third-order valence-electron chi connectivity index (χ3n) is 4.27. The second-order valence-electron chi connectivity index (χ2n) is 5.69. The molecule has 1 aliphatic rings. The van der Waals surface area contributed by atoms with Gasteiger partial charge in [0, 0.05) is 52.5 Å². The van der Waals surface area contributed by atoms with Gasteiger partial charge in [-0.3, -0.25) is 0 Å².